The van der Waals surface area contributed by atoms with Crippen LogP contribution in [0.25, 0.3) is 0 Å². The first-order valence-corrected chi connectivity index (χ1v) is 4.24. The van der Waals surface area contributed by atoms with Crippen LogP contribution in [0.4, 0.5) is 4.39 Å². The Morgan fingerprint density at radius 2 is 2.25 bits per heavy atom. The van der Waals surface area contributed by atoms with Gasteiger partial charge in [-0.05, 0) is 17.7 Å². The summed E-state index contributed by atoms with van der Waals surface area (Å²) < 4.78 is 13.4. The number of fused-ring (bicyclic) bond motifs is 1. The van der Waals surface area contributed by atoms with Gasteiger partial charge in [-0.15, -0.1) is 0 Å². The van der Waals surface area contributed by atoms with Gasteiger partial charge in [0.15, 0.2) is 0 Å². The van der Waals surface area contributed by atoms with Crippen molar-refractivity contribution in [2.24, 2.45) is 0 Å². The molecule has 12 heavy (non-hydrogen) atoms. The minimum Gasteiger partial charge on any atom is -0.348 e. The molecule has 1 amide bonds. The molecule has 0 aliphatic carbocycles. The summed E-state index contributed by atoms with van der Waals surface area (Å²) in [5, 5.41) is 2.62. The zero-order valence-electron chi connectivity index (χ0n) is 6.03. The van der Waals surface area contributed by atoms with E-state index in [9.17, 15) is 9.18 Å². The highest BCUT2D eigenvalue weighted by molar-refractivity contribution is 9.10. The molecule has 1 aliphatic rings. The number of halogens is 2. The first-order chi connectivity index (χ1) is 5.68. The van der Waals surface area contributed by atoms with Crippen molar-refractivity contribution in [1.29, 1.82) is 0 Å². The highest BCUT2D eigenvalue weighted by Crippen LogP contribution is 2.25. The molecule has 0 radical (unpaired) electrons. The highest BCUT2D eigenvalue weighted by Gasteiger charge is 2.21. The first kappa shape index (κ1) is 7.73. The van der Waals surface area contributed by atoms with Crippen molar-refractivity contribution in [2.75, 3.05) is 0 Å². The van der Waals surface area contributed by atoms with Gasteiger partial charge in [-0.3, -0.25) is 4.79 Å². The lowest BCUT2D eigenvalue weighted by molar-refractivity contribution is 0.0965. The standard InChI is InChI=1S/C8H5BrFNO/c9-7-2-4(10)1-5-6(7)3-11-8(5)12/h1-2H,3H2,(H,11,12). The minimum absolute atomic E-state index is 0.204. The third-order valence-electron chi connectivity index (χ3n) is 1.83. The molecule has 1 heterocycles. The van der Waals surface area contributed by atoms with E-state index in [4.69, 9.17) is 0 Å². The molecule has 0 atom stereocenters. The molecular weight excluding hydrogens is 225 g/mol. The minimum atomic E-state index is -0.391. The summed E-state index contributed by atoms with van der Waals surface area (Å²) in [4.78, 5) is 11.1. The molecule has 2 rings (SSSR count). The van der Waals surface area contributed by atoms with Crippen LogP contribution in [-0.4, -0.2) is 5.91 Å². The van der Waals surface area contributed by atoms with Crippen molar-refractivity contribution in [3.8, 4) is 0 Å². The predicted octanol–water partition coefficient (Wildman–Crippen LogP) is 1.83. The van der Waals surface area contributed by atoms with Gasteiger partial charge in [0.1, 0.15) is 5.82 Å². The van der Waals surface area contributed by atoms with Gasteiger partial charge in [0.05, 0.1) is 0 Å². The van der Waals surface area contributed by atoms with Crippen molar-refractivity contribution in [1.82, 2.24) is 5.32 Å². The van der Waals surface area contributed by atoms with E-state index >= 15 is 0 Å². The average molecular weight is 230 g/mol. The molecule has 0 saturated carbocycles. The van der Waals surface area contributed by atoms with Crippen LogP contribution >= 0.6 is 15.9 Å². The van der Waals surface area contributed by atoms with Crippen LogP contribution in [0, 0.1) is 5.82 Å². The van der Waals surface area contributed by atoms with Crippen LogP contribution in [0.3, 0.4) is 0 Å². The van der Waals surface area contributed by atoms with Gasteiger partial charge in [-0.25, -0.2) is 4.39 Å². The van der Waals surface area contributed by atoms with E-state index < -0.39 is 5.82 Å². The molecule has 1 aromatic carbocycles. The van der Waals surface area contributed by atoms with Gasteiger partial charge in [-0.2, -0.15) is 0 Å². The van der Waals surface area contributed by atoms with E-state index in [-0.39, 0.29) is 5.91 Å². The number of rotatable bonds is 0. The topological polar surface area (TPSA) is 29.1 Å². The molecule has 0 saturated heterocycles. The van der Waals surface area contributed by atoms with Crippen LogP contribution in [-0.2, 0) is 6.54 Å². The fraction of sp³-hybridized carbons (Fsp3) is 0.125. The Hall–Kier alpha value is -0.900. The molecule has 0 aromatic heterocycles. The highest BCUT2D eigenvalue weighted by atomic mass is 79.9. The van der Waals surface area contributed by atoms with Gasteiger partial charge in [0.2, 0.25) is 0 Å². The van der Waals surface area contributed by atoms with Crippen LogP contribution < -0.4 is 5.32 Å². The molecule has 0 fully saturated rings. The van der Waals surface area contributed by atoms with Crippen LogP contribution in [0.1, 0.15) is 15.9 Å². The van der Waals surface area contributed by atoms with Gasteiger partial charge in [0.25, 0.3) is 5.91 Å². The first-order valence-electron chi connectivity index (χ1n) is 3.44. The van der Waals surface area contributed by atoms with Crippen LogP contribution in [0.2, 0.25) is 0 Å². The van der Waals surface area contributed by atoms with E-state index in [1.54, 1.807) is 0 Å². The van der Waals surface area contributed by atoms with E-state index in [1.165, 1.54) is 12.1 Å². The summed E-state index contributed by atoms with van der Waals surface area (Å²) in [7, 11) is 0. The van der Waals surface area contributed by atoms with E-state index in [1.807, 2.05) is 0 Å². The Bertz CT molecular complexity index is 364. The molecule has 62 valence electrons. The maximum atomic E-state index is 12.8. The van der Waals surface area contributed by atoms with Gasteiger partial charge >= 0.3 is 0 Å². The Labute approximate surface area is 76.9 Å². The molecule has 0 spiro atoms. The maximum absolute atomic E-state index is 12.8. The monoisotopic (exact) mass is 229 g/mol. The predicted molar refractivity (Wildman–Crippen MR) is 45.3 cm³/mol. The summed E-state index contributed by atoms with van der Waals surface area (Å²) in [6, 6.07) is 2.61. The Morgan fingerprint density at radius 1 is 1.50 bits per heavy atom. The lowest BCUT2D eigenvalue weighted by Gasteiger charge is -1.98. The van der Waals surface area contributed by atoms with Gasteiger partial charge in [0, 0.05) is 16.6 Å². The second-order valence-electron chi connectivity index (χ2n) is 2.60. The van der Waals surface area contributed by atoms with Crippen molar-refractivity contribution in [3.05, 3.63) is 33.5 Å². The lowest BCUT2D eigenvalue weighted by atomic mass is 10.1. The number of hydrogen-bond donors (Lipinski definition) is 1. The molecular formula is C8H5BrFNO. The fourth-order valence-electron chi connectivity index (χ4n) is 1.25. The summed E-state index contributed by atoms with van der Waals surface area (Å²) in [5.74, 6) is -0.595. The number of carbonyl (C=O) groups excluding carboxylic acids is 1. The number of nitrogens with one attached hydrogen (secondary N) is 1. The van der Waals surface area contributed by atoms with E-state index in [0.29, 0.717) is 16.6 Å². The molecule has 0 unspecified atom stereocenters. The van der Waals surface area contributed by atoms with Gasteiger partial charge < -0.3 is 5.32 Å². The normalized spacial score (nSPS) is 14.3. The summed E-state index contributed by atoms with van der Waals surface area (Å²) >= 11 is 3.19. The number of hydrogen-bond acceptors (Lipinski definition) is 1. The van der Waals surface area contributed by atoms with Gasteiger partial charge in [-0.1, -0.05) is 15.9 Å². The van der Waals surface area contributed by atoms with Crippen molar-refractivity contribution in [3.63, 3.8) is 0 Å². The molecule has 1 aromatic rings. The van der Waals surface area contributed by atoms with Crippen LogP contribution in [0.5, 0.6) is 0 Å². The number of carbonyl (C=O) groups is 1. The Morgan fingerprint density at radius 3 is 3.00 bits per heavy atom. The largest absolute Gasteiger partial charge is 0.348 e. The summed E-state index contributed by atoms with van der Waals surface area (Å²) in [6.45, 7) is 0.481. The zero-order valence-corrected chi connectivity index (χ0v) is 7.61. The third-order valence-corrected chi connectivity index (χ3v) is 2.54. The van der Waals surface area contributed by atoms with Crippen molar-refractivity contribution in [2.45, 2.75) is 6.54 Å². The van der Waals surface area contributed by atoms with Crippen molar-refractivity contribution >= 4 is 21.8 Å². The molecule has 1 aliphatic heterocycles. The van der Waals surface area contributed by atoms with E-state index in [2.05, 4.69) is 21.2 Å². The lowest BCUT2D eigenvalue weighted by Crippen LogP contribution is -2.12. The molecule has 4 heteroatoms. The fourth-order valence-corrected chi connectivity index (χ4v) is 1.82. The zero-order chi connectivity index (χ0) is 8.72. The maximum Gasteiger partial charge on any atom is 0.252 e. The SMILES string of the molecule is O=C1NCc2c(Br)cc(F)cc21. The third kappa shape index (κ3) is 1.03. The van der Waals surface area contributed by atoms with E-state index in [0.717, 1.165) is 5.56 Å². The second-order valence-corrected chi connectivity index (χ2v) is 3.45. The number of benzene rings is 1. The average Bonchev–Trinajstić information content (AvgIpc) is 2.33. The molecule has 1 N–H and O–H groups in total. The Kier molecular flexibility index (Phi) is 1.65. The summed E-state index contributed by atoms with van der Waals surface area (Å²) in [5.41, 5.74) is 1.27. The second kappa shape index (κ2) is 2.55. The van der Waals surface area contributed by atoms with Crippen LogP contribution in [0.15, 0.2) is 16.6 Å². The molecule has 2 nitrogen and oxygen atoms in total. The number of amides is 1. The molecule has 0 bridgehead atoms. The quantitative estimate of drug-likeness (QED) is 0.723. The smallest absolute Gasteiger partial charge is 0.252 e. The Balaban J connectivity index is 2.68. The summed E-state index contributed by atoms with van der Waals surface area (Å²) in [6.07, 6.45) is 0. The van der Waals surface area contributed by atoms with Crippen molar-refractivity contribution < 1.29 is 9.18 Å².